The second-order valence-electron chi connectivity index (χ2n) is 8.83. The van der Waals surface area contributed by atoms with Gasteiger partial charge in [-0.25, -0.2) is 0 Å². The third-order valence-corrected chi connectivity index (χ3v) is 8.26. The smallest absolute Gasteiger partial charge is 0.196 e. The Labute approximate surface area is 169 Å². The Morgan fingerprint density at radius 3 is 2.52 bits per heavy atom. The molecule has 0 atom stereocenters. The number of hydrogen-bond donors (Lipinski definition) is 0. The average Bonchev–Trinajstić information content (AvgIpc) is 3.09. The van der Waals surface area contributed by atoms with Gasteiger partial charge in [-0.3, -0.25) is 9.36 Å². The Morgan fingerprint density at radius 1 is 1.22 bits per heavy atom. The zero-order chi connectivity index (χ0) is 18.6. The van der Waals surface area contributed by atoms with Crippen LogP contribution < -0.4 is 0 Å². The van der Waals surface area contributed by atoms with Crippen LogP contribution in [0.4, 0.5) is 0 Å². The van der Waals surface area contributed by atoms with E-state index in [1.807, 2.05) is 29.7 Å². The Kier molecular flexibility index (Phi) is 4.36. The Balaban J connectivity index is 1.32. The number of Topliss-reactive ketones (excluding diaryl/α,β-unsaturated/α-hetero) is 1. The molecule has 1 aromatic carbocycles. The molecule has 4 aliphatic rings. The number of aromatic nitrogens is 3. The van der Waals surface area contributed by atoms with E-state index in [4.69, 9.17) is 11.6 Å². The minimum atomic E-state index is -0.0419. The van der Waals surface area contributed by atoms with E-state index < -0.39 is 0 Å². The van der Waals surface area contributed by atoms with Gasteiger partial charge in [0.2, 0.25) is 0 Å². The number of aryl methyl sites for hydroxylation is 1. The molecule has 0 N–H and O–H groups in total. The van der Waals surface area contributed by atoms with E-state index in [1.165, 1.54) is 31.0 Å². The van der Waals surface area contributed by atoms with E-state index in [0.717, 1.165) is 58.4 Å². The number of nitrogens with zero attached hydrogens (tertiary/aromatic N) is 3. The van der Waals surface area contributed by atoms with Crippen LogP contribution in [0.5, 0.6) is 0 Å². The minimum absolute atomic E-state index is 0.0419. The van der Waals surface area contributed by atoms with Crippen LogP contribution in [0.25, 0.3) is 5.69 Å². The Bertz CT molecular complexity index is 858. The molecule has 4 nitrogen and oxygen atoms in total. The van der Waals surface area contributed by atoms with Gasteiger partial charge in [0.25, 0.3) is 0 Å². The first-order valence-electron chi connectivity index (χ1n) is 9.85. The molecular formula is C21H24ClN3OS. The molecule has 6 rings (SSSR count). The van der Waals surface area contributed by atoms with Crippen molar-refractivity contribution in [3.05, 3.63) is 35.1 Å². The van der Waals surface area contributed by atoms with Gasteiger partial charge in [0, 0.05) is 10.4 Å². The summed E-state index contributed by atoms with van der Waals surface area (Å²) >= 11 is 7.78. The molecule has 142 valence electrons. The summed E-state index contributed by atoms with van der Waals surface area (Å²) in [6.07, 6.45) is 9.15. The van der Waals surface area contributed by atoms with Gasteiger partial charge in [0.05, 0.1) is 11.4 Å². The fourth-order valence-electron chi connectivity index (χ4n) is 5.97. The van der Waals surface area contributed by atoms with Crippen molar-refractivity contribution in [1.82, 2.24) is 14.8 Å². The van der Waals surface area contributed by atoms with E-state index >= 15 is 0 Å². The average molecular weight is 402 g/mol. The summed E-state index contributed by atoms with van der Waals surface area (Å²) in [6.45, 7) is 1.98. The van der Waals surface area contributed by atoms with Crippen molar-refractivity contribution in [1.29, 1.82) is 0 Å². The molecule has 0 amide bonds. The zero-order valence-electron chi connectivity index (χ0n) is 15.5. The topological polar surface area (TPSA) is 47.8 Å². The lowest BCUT2D eigenvalue weighted by molar-refractivity contribution is -0.141. The highest BCUT2D eigenvalue weighted by Crippen LogP contribution is 2.60. The van der Waals surface area contributed by atoms with E-state index in [1.54, 1.807) is 6.33 Å². The quantitative estimate of drug-likeness (QED) is 0.653. The molecule has 0 spiro atoms. The van der Waals surface area contributed by atoms with Gasteiger partial charge in [-0.15, -0.1) is 10.2 Å². The number of carbonyl (C=O) groups excluding carboxylic acids is 1. The lowest BCUT2D eigenvalue weighted by Gasteiger charge is -2.56. The first-order valence-corrected chi connectivity index (χ1v) is 11.2. The van der Waals surface area contributed by atoms with Gasteiger partial charge in [0.15, 0.2) is 5.16 Å². The van der Waals surface area contributed by atoms with Crippen molar-refractivity contribution in [2.45, 2.75) is 50.6 Å². The lowest BCUT2D eigenvalue weighted by Crippen LogP contribution is -2.50. The fraction of sp³-hybridized carbons (Fsp3) is 0.571. The molecule has 4 bridgehead atoms. The van der Waals surface area contributed by atoms with Gasteiger partial charge >= 0.3 is 0 Å². The zero-order valence-corrected chi connectivity index (χ0v) is 17.1. The number of hydrogen-bond acceptors (Lipinski definition) is 4. The molecule has 0 radical (unpaired) electrons. The molecule has 0 unspecified atom stereocenters. The maximum absolute atomic E-state index is 13.2. The van der Waals surface area contributed by atoms with Crippen molar-refractivity contribution in [2.24, 2.45) is 23.2 Å². The molecule has 0 saturated heterocycles. The highest BCUT2D eigenvalue weighted by Gasteiger charge is 2.54. The largest absolute Gasteiger partial charge is 0.298 e. The number of halogens is 1. The third-order valence-electron chi connectivity index (χ3n) is 6.91. The second kappa shape index (κ2) is 6.63. The normalized spacial score (nSPS) is 31.4. The molecule has 2 aromatic rings. The SMILES string of the molecule is Cc1ccc(-n2cnnc2SCC(=O)C23CC4CC(CC(C4)C2)C3)cc1Cl. The molecule has 4 aliphatic carbocycles. The minimum Gasteiger partial charge on any atom is -0.298 e. The van der Waals surface area contributed by atoms with Gasteiger partial charge in [-0.1, -0.05) is 29.4 Å². The van der Waals surface area contributed by atoms with Gasteiger partial charge in [-0.2, -0.15) is 0 Å². The molecule has 4 saturated carbocycles. The molecule has 4 fully saturated rings. The molecule has 1 aromatic heterocycles. The molecule has 1 heterocycles. The summed E-state index contributed by atoms with van der Waals surface area (Å²) in [5.74, 6) is 3.31. The number of ketones is 1. The van der Waals surface area contributed by atoms with E-state index in [-0.39, 0.29) is 5.41 Å². The fourth-order valence-corrected chi connectivity index (χ4v) is 7.10. The van der Waals surface area contributed by atoms with Crippen molar-refractivity contribution in [3.63, 3.8) is 0 Å². The van der Waals surface area contributed by atoms with Gasteiger partial charge < -0.3 is 0 Å². The number of thioether (sulfide) groups is 1. The molecular weight excluding hydrogens is 378 g/mol. The van der Waals surface area contributed by atoms with E-state index in [9.17, 15) is 4.79 Å². The van der Waals surface area contributed by atoms with Gasteiger partial charge in [-0.05, 0) is 80.9 Å². The highest BCUT2D eigenvalue weighted by molar-refractivity contribution is 7.99. The highest BCUT2D eigenvalue weighted by atomic mass is 35.5. The summed E-state index contributed by atoms with van der Waals surface area (Å²) in [5, 5.41) is 9.78. The predicted octanol–water partition coefficient (Wildman–Crippen LogP) is 5.11. The summed E-state index contributed by atoms with van der Waals surface area (Å²) in [6, 6.07) is 5.92. The van der Waals surface area contributed by atoms with Crippen LogP contribution in [0, 0.1) is 30.1 Å². The van der Waals surface area contributed by atoms with Crippen molar-refractivity contribution in [2.75, 3.05) is 5.75 Å². The summed E-state index contributed by atoms with van der Waals surface area (Å²) in [5.41, 5.74) is 1.93. The first-order chi connectivity index (χ1) is 13.0. The maximum Gasteiger partial charge on any atom is 0.196 e. The lowest BCUT2D eigenvalue weighted by atomic mass is 9.48. The van der Waals surface area contributed by atoms with Crippen molar-refractivity contribution in [3.8, 4) is 5.69 Å². The number of rotatable bonds is 5. The summed E-state index contributed by atoms with van der Waals surface area (Å²) in [7, 11) is 0. The standard InChI is InChI=1S/C21H24ClN3OS/c1-13-2-3-17(7-18(13)22)25-12-23-24-20(25)27-11-19(26)21-8-14-4-15(9-21)6-16(5-14)10-21/h2-3,7,12,14-16H,4-6,8-11H2,1H3. The van der Waals surface area contributed by atoms with Crippen LogP contribution in [-0.2, 0) is 4.79 Å². The van der Waals surface area contributed by atoms with Crippen molar-refractivity contribution >= 4 is 29.1 Å². The Morgan fingerprint density at radius 2 is 1.89 bits per heavy atom. The summed E-state index contributed by atoms with van der Waals surface area (Å²) < 4.78 is 1.92. The van der Waals surface area contributed by atoms with Crippen LogP contribution in [0.2, 0.25) is 5.02 Å². The first kappa shape index (κ1) is 17.7. The predicted molar refractivity (Wildman–Crippen MR) is 107 cm³/mol. The van der Waals surface area contributed by atoms with Crippen molar-refractivity contribution < 1.29 is 4.79 Å². The van der Waals surface area contributed by atoms with Gasteiger partial charge in [0.1, 0.15) is 12.1 Å². The van der Waals surface area contributed by atoms with Crippen LogP contribution in [0.1, 0.15) is 44.1 Å². The summed E-state index contributed by atoms with van der Waals surface area (Å²) in [4.78, 5) is 13.2. The van der Waals surface area contributed by atoms with Crippen LogP contribution in [-0.4, -0.2) is 26.3 Å². The molecule has 6 heteroatoms. The Hall–Kier alpha value is -1.33. The third kappa shape index (κ3) is 3.13. The van der Waals surface area contributed by atoms with E-state index in [2.05, 4.69) is 10.2 Å². The molecule has 0 aliphatic heterocycles. The van der Waals surface area contributed by atoms with E-state index in [0.29, 0.717) is 11.5 Å². The number of carbonyl (C=O) groups is 1. The van der Waals surface area contributed by atoms with Crippen LogP contribution in [0.15, 0.2) is 29.7 Å². The maximum atomic E-state index is 13.2. The van der Waals surface area contributed by atoms with Crippen LogP contribution in [0.3, 0.4) is 0 Å². The monoisotopic (exact) mass is 401 g/mol. The molecule has 27 heavy (non-hydrogen) atoms. The van der Waals surface area contributed by atoms with Crippen LogP contribution >= 0.6 is 23.4 Å². The number of benzene rings is 1. The second-order valence-corrected chi connectivity index (χ2v) is 10.2.